The van der Waals surface area contributed by atoms with Crippen LogP contribution in [0.1, 0.15) is 38.3 Å². The molecule has 0 bridgehead atoms. The van der Waals surface area contributed by atoms with E-state index in [4.69, 9.17) is 23.2 Å². The number of halogens is 3. The number of benzene rings is 2. The van der Waals surface area contributed by atoms with E-state index in [1.165, 1.54) is 23.9 Å². The lowest BCUT2D eigenvalue weighted by Crippen LogP contribution is -2.50. The van der Waals surface area contributed by atoms with Crippen LogP contribution in [0.5, 0.6) is 0 Å². The molecule has 0 aromatic heterocycles. The Morgan fingerprint density at radius 3 is 2.41 bits per heavy atom. The zero-order chi connectivity index (χ0) is 23.7. The van der Waals surface area contributed by atoms with Crippen molar-refractivity contribution < 1.29 is 14.0 Å². The van der Waals surface area contributed by atoms with Gasteiger partial charge in [0.25, 0.3) is 0 Å². The predicted molar refractivity (Wildman–Crippen MR) is 132 cm³/mol. The van der Waals surface area contributed by atoms with Crippen LogP contribution in [-0.2, 0) is 21.9 Å². The van der Waals surface area contributed by atoms with Gasteiger partial charge in [0.05, 0.1) is 5.75 Å². The Morgan fingerprint density at radius 1 is 1.12 bits per heavy atom. The van der Waals surface area contributed by atoms with Crippen LogP contribution in [0, 0.1) is 11.7 Å². The van der Waals surface area contributed by atoms with Crippen molar-refractivity contribution >= 4 is 46.8 Å². The van der Waals surface area contributed by atoms with Gasteiger partial charge >= 0.3 is 0 Å². The maximum Gasteiger partial charge on any atom is 0.242 e. The molecule has 32 heavy (non-hydrogen) atoms. The summed E-state index contributed by atoms with van der Waals surface area (Å²) in [5.41, 5.74) is 1.65. The summed E-state index contributed by atoms with van der Waals surface area (Å²) in [6, 6.07) is 10.7. The number of thioether (sulfide) groups is 1. The number of rotatable bonds is 11. The SMILES string of the molecule is CCC(C(=O)NCC(C)C)N(Cc1ccc(Cl)cc1Cl)C(=O)CSCc1ccc(F)cc1. The van der Waals surface area contributed by atoms with E-state index in [0.29, 0.717) is 34.7 Å². The van der Waals surface area contributed by atoms with E-state index in [-0.39, 0.29) is 29.9 Å². The van der Waals surface area contributed by atoms with Crippen molar-refractivity contribution in [1.82, 2.24) is 10.2 Å². The third-order valence-electron chi connectivity index (χ3n) is 4.83. The van der Waals surface area contributed by atoms with Gasteiger partial charge < -0.3 is 10.2 Å². The molecule has 2 amide bonds. The molecule has 0 saturated carbocycles. The van der Waals surface area contributed by atoms with Crippen molar-refractivity contribution in [3.8, 4) is 0 Å². The third kappa shape index (κ3) is 8.30. The summed E-state index contributed by atoms with van der Waals surface area (Å²) in [6.07, 6.45) is 0.476. The van der Waals surface area contributed by atoms with Gasteiger partial charge in [-0.15, -0.1) is 11.8 Å². The molecular weight excluding hydrogens is 470 g/mol. The van der Waals surface area contributed by atoms with Crippen molar-refractivity contribution in [2.24, 2.45) is 5.92 Å². The van der Waals surface area contributed by atoms with Gasteiger partial charge in [-0.05, 0) is 47.7 Å². The Morgan fingerprint density at radius 2 is 1.81 bits per heavy atom. The largest absolute Gasteiger partial charge is 0.354 e. The average molecular weight is 499 g/mol. The number of hydrogen-bond acceptors (Lipinski definition) is 3. The Labute approximate surface area is 203 Å². The quantitative estimate of drug-likeness (QED) is 0.416. The summed E-state index contributed by atoms with van der Waals surface area (Å²) in [7, 11) is 0. The van der Waals surface area contributed by atoms with Crippen LogP contribution in [-0.4, -0.2) is 35.1 Å². The van der Waals surface area contributed by atoms with Gasteiger partial charge in [-0.1, -0.05) is 62.2 Å². The summed E-state index contributed by atoms with van der Waals surface area (Å²) in [5.74, 6) is 0.434. The molecule has 174 valence electrons. The van der Waals surface area contributed by atoms with E-state index in [1.54, 1.807) is 35.2 Å². The number of amides is 2. The molecule has 0 saturated heterocycles. The average Bonchev–Trinajstić information content (AvgIpc) is 2.74. The molecule has 0 radical (unpaired) electrons. The fraction of sp³-hybridized carbons (Fsp3) is 0.417. The number of nitrogens with zero attached hydrogens (tertiary/aromatic N) is 1. The summed E-state index contributed by atoms with van der Waals surface area (Å²) < 4.78 is 13.1. The minimum Gasteiger partial charge on any atom is -0.354 e. The Kier molecular flexibility index (Phi) is 10.8. The topological polar surface area (TPSA) is 49.4 Å². The summed E-state index contributed by atoms with van der Waals surface area (Å²) in [4.78, 5) is 27.7. The van der Waals surface area contributed by atoms with Crippen LogP contribution in [0.3, 0.4) is 0 Å². The summed E-state index contributed by atoms with van der Waals surface area (Å²) in [6.45, 7) is 6.67. The van der Waals surface area contributed by atoms with Gasteiger partial charge in [-0.3, -0.25) is 9.59 Å². The maximum atomic E-state index is 13.2. The lowest BCUT2D eigenvalue weighted by molar-refractivity contribution is -0.139. The first-order valence-electron chi connectivity index (χ1n) is 10.5. The van der Waals surface area contributed by atoms with Crippen LogP contribution in [0.2, 0.25) is 10.0 Å². The molecule has 0 fully saturated rings. The second-order valence-corrected chi connectivity index (χ2v) is 9.77. The maximum absolute atomic E-state index is 13.2. The first-order valence-corrected chi connectivity index (χ1v) is 12.5. The highest BCUT2D eigenvalue weighted by Gasteiger charge is 2.29. The monoisotopic (exact) mass is 498 g/mol. The van der Waals surface area contributed by atoms with E-state index in [2.05, 4.69) is 5.32 Å². The normalized spacial score (nSPS) is 12.0. The zero-order valence-corrected chi connectivity index (χ0v) is 20.9. The van der Waals surface area contributed by atoms with Gasteiger partial charge in [0.15, 0.2) is 0 Å². The van der Waals surface area contributed by atoms with E-state index < -0.39 is 6.04 Å². The smallest absolute Gasteiger partial charge is 0.242 e. The molecule has 8 heteroatoms. The molecule has 1 atom stereocenters. The molecule has 1 N–H and O–H groups in total. The highest BCUT2D eigenvalue weighted by molar-refractivity contribution is 7.99. The van der Waals surface area contributed by atoms with Crippen LogP contribution in [0.25, 0.3) is 0 Å². The minimum absolute atomic E-state index is 0.158. The molecule has 4 nitrogen and oxygen atoms in total. The molecule has 2 aromatic rings. The molecule has 0 heterocycles. The van der Waals surface area contributed by atoms with E-state index in [9.17, 15) is 14.0 Å². The molecule has 0 aliphatic carbocycles. The number of hydrogen-bond donors (Lipinski definition) is 1. The summed E-state index contributed by atoms with van der Waals surface area (Å²) >= 11 is 13.8. The molecular formula is C24H29Cl2FN2O2S. The number of carbonyl (C=O) groups is 2. The van der Waals surface area contributed by atoms with Crippen LogP contribution < -0.4 is 5.32 Å². The van der Waals surface area contributed by atoms with Crippen molar-refractivity contribution in [2.75, 3.05) is 12.3 Å². The lowest BCUT2D eigenvalue weighted by Gasteiger charge is -2.31. The van der Waals surface area contributed by atoms with Crippen LogP contribution in [0.4, 0.5) is 4.39 Å². The van der Waals surface area contributed by atoms with Crippen LogP contribution >= 0.6 is 35.0 Å². The molecule has 2 aromatic carbocycles. The number of carbonyl (C=O) groups excluding carboxylic acids is 2. The van der Waals surface area contributed by atoms with Gasteiger partial charge in [-0.2, -0.15) is 0 Å². The number of nitrogens with one attached hydrogen (secondary N) is 1. The van der Waals surface area contributed by atoms with Gasteiger partial charge in [0.2, 0.25) is 11.8 Å². The summed E-state index contributed by atoms with van der Waals surface area (Å²) in [5, 5.41) is 3.89. The first kappa shape index (κ1) is 26.5. The Balaban J connectivity index is 2.15. The highest BCUT2D eigenvalue weighted by atomic mass is 35.5. The molecule has 1 unspecified atom stereocenters. The Hall–Kier alpha value is -1.76. The fourth-order valence-corrected chi connectivity index (χ4v) is 4.43. The van der Waals surface area contributed by atoms with E-state index in [1.807, 2.05) is 20.8 Å². The second kappa shape index (κ2) is 13.1. The van der Waals surface area contributed by atoms with Crippen molar-refractivity contribution in [3.05, 3.63) is 69.5 Å². The fourth-order valence-electron chi connectivity index (χ4n) is 3.10. The van der Waals surface area contributed by atoms with Gasteiger partial charge in [0, 0.05) is 28.9 Å². The second-order valence-electron chi connectivity index (χ2n) is 7.94. The first-order chi connectivity index (χ1) is 15.2. The molecule has 0 aliphatic heterocycles. The van der Waals surface area contributed by atoms with Gasteiger partial charge in [0.1, 0.15) is 11.9 Å². The molecule has 0 aliphatic rings. The van der Waals surface area contributed by atoms with E-state index in [0.717, 1.165) is 11.1 Å². The van der Waals surface area contributed by atoms with Gasteiger partial charge in [-0.25, -0.2) is 4.39 Å². The lowest BCUT2D eigenvalue weighted by atomic mass is 10.1. The Bertz CT molecular complexity index is 909. The van der Waals surface area contributed by atoms with Crippen LogP contribution in [0.15, 0.2) is 42.5 Å². The van der Waals surface area contributed by atoms with E-state index >= 15 is 0 Å². The van der Waals surface area contributed by atoms with Crippen molar-refractivity contribution in [3.63, 3.8) is 0 Å². The third-order valence-corrected chi connectivity index (χ3v) is 6.41. The van der Waals surface area contributed by atoms with Crippen molar-refractivity contribution in [2.45, 2.75) is 45.5 Å². The minimum atomic E-state index is -0.612. The standard InChI is InChI=1S/C24H29Cl2FN2O2S/c1-4-22(24(31)28-12-16(2)3)29(13-18-7-8-19(25)11-21(18)26)23(30)15-32-14-17-5-9-20(27)10-6-17/h5-11,16,22H,4,12-15H2,1-3H3,(H,28,31). The zero-order valence-electron chi connectivity index (χ0n) is 18.5. The highest BCUT2D eigenvalue weighted by Crippen LogP contribution is 2.24. The van der Waals surface area contributed by atoms with Crippen molar-refractivity contribution in [1.29, 1.82) is 0 Å². The predicted octanol–water partition coefficient (Wildman–Crippen LogP) is 5.95. The molecule has 2 rings (SSSR count). The molecule has 0 spiro atoms.